The van der Waals surface area contributed by atoms with Crippen molar-refractivity contribution in [1.82, 2.24) is 4.90 Å². The van der Waals surface area contributed by atoms with Crippen LogP contribution in [0.25, 0.3) is 0 Å². The van der Waals surface area contributed by atoms with Gasteiger partial charge in [-0.3, -0.25) is 15.0 Å². The van der Waals surface area contributed by atoms with Gasteiger partial charge in [0, 0.05) is 43.7 Å². The minimum Gasteiger partial charge on any atom is -0.363 e. The molecule has 0 aliphatic carbocycles. The van der Waals surface area contributed by atoms with Gasteiger partial charge in [-0.25, -0.2) is 13.6 Å². The molecule has 1 saturated heterocycles. The van der Waals surface area contributed by atoms with Crippen molar-refractivity contribution in [2.75, 3.05) is 37.6 Å². The van der Waals surface area contributed by atoms with Crippen molar-refractivity contribution in [3.63, 3.8) is 0 Å². The number of nitrogens with zero attached hydrogens (tertiary/aromatic N) is 3. The minimum atomic E-state index is -3.97. The summed E-state index contributed by atoms with van der Waals surface area (Å²) >= 11 is 1.75. The molecular formula is C16H20N4O4S2. The molecule has 3 rings (SSSR count). The summed E-state index contributed by atoms with van der Waals surface area (Å²) in [6.45, 7) is 3.87. The summed E-state index contributed by atoms with van der Waals surface area (Å²) in [7, 11) is -3.97. The van der Waals surface area contributed by atoms with Gasteiger partial charge in [-0.1, -0.05) is 6.07 Å². The molecule has 1 aliphatic rings. The molecule has 2 heterocycles. The van der Waals surface area contributed by atoms with Crippen LogP contribution in [0.1, 0.15) is 4.88 Å². The van der Waals surface area contributed by atoms with Crippen molar-refractivity contribution in [3.8, 4) is 0 Å². The van der Waals surface area contributed by atoms with Gasteiger partial charge in [0.1, 0.15) is 5.69 Å². The first kappa shape index (κ1) is 18.8. The lowest BCUT2D eigenvalue weighted by Gasteiger charge is -2.35. The van der Waals surface area contributed by atoms with E-state index in [1.54, 1.807) is 11.3 Å². The number of rotatable bonds is 6. The topological polar surface area (TPSA) is 110 Å². The second-order valence-electron chi connectivity index (χ2n) is 6.11. The largest absolute Gasteiger partial charge is 0.363 e. The van der Waals surface area contributed by atoms with Crippen LogP contribution in [0.15, 0.2) is 40.6 Å². The average molecular weight is 396 g/mol. The Morgan fingerprint density at radius 2 is 1.92 bits per heavy atom. The van der Waals surface area contributed by atoms with Gasteiger partial charge in [0.05, 0.1) is 9.82 Å². The fourth-order valence-electron chi connectivity index (χ4n) is 3.03. The van der Waals surface area contributed by atoms with Crippen molar-refractivity contribution in [2.24, 2.45) is 5.14 Å². The average Bonchev–Trinajstić information content (AvgIpc) is 3.12. The molecule has 0 saturated carbocycles. The molecule has 0 amide bonds. The van der Waals surface area contributed by atoms with Crippen LogP contribution in [0.5, 0.6) is 0 Å². The first-order valence-corrected chi connectivity index (χ1v) is 10.6. The number of piperazine rings is 1. The number of hydrogen-bond acceptors (Lipinski definition) is 7. The highest BCUT2D eigenvalue weighted by Crippen LogP contribution is 2.31. The lowest BCUT2D eigenvalue weighted by molar-refractivity contribution is -0.384. The summed E-state index contributed by atoms with van der Waals surface area (Å²) in [6, 6.07) is 7.99. The Morgan fingerprint density at radius 3 is 2.50 bits per heavy atom. The Bertz CT molecular complexity index is 876. The minimum absolute atomic E-state index is 0.233. The fraction of sp³-hybridized carbons (Fsp3) is 0.375. The number of nitro groups is 1. The Morgan fingerprint density at radius 1 is 1.19 bits per heavy atom. The monoisotopic (exact) mass is 396 g/mol. The number of nitrogens with two attached hydrogens (primary N) is 1. The SMILES string of the molecule is NS(=O)(=O)c1ccc(N2CCN(CCc3cccs3)CC2)c([N+](=O)[O-])c1. The van der Waals surface area contributed by atoms with Gasteiger partial charge in [0.25, 0.3) is 5.69 Å². The molecule has 10 heteroatoms. The summed E-state index contributed by atoms with van der Waals surface area (Å²) in [5.74, 6) is 0. The molecule has 0 spiro atoms. The number of primary sulfonamides is 1. The molecule has 1 aliphatic heterocycles. The van der Waals surface area contributed by atoms with Gasteiger partial charge in [0.15, 0.2) is 0 Å². The summed E-state index contributed by atoms with van der Waals surface area (Å²) in [5, 5.41) is 18.5. The molecule has 0 atom stereocenters. The molecule has 2 N–H and O–H groups in total. The van der Waals surface area contributed by atoms with E-state index in [0.29, 0.717) is 18.8 Å². The van der Waals surface area contributed by atoms with Crippen LogP contribution >= 0.6 is 11.3 Å². The maximum Gasteiger partial charge on any atom is 0.293 e. The molecular weight excluding hydrogens is 376 g/mol. The van der Waals surface area contributed by atoms with Crippen LogP contribution in [0.2, 0.25) is 0 Å². The molecule has 1 aromatic carbocycles. The van der Waals surface area contributed by atoms with Gasteiger partial charge in [0.2, 0.25) is 10.0 Å². The first-order valence-electron chi connectivity index (χ1n) is 8.15. The quantitative estimate of drug-likeness (QED) is 0.587. The molecule has 140 valence electrons. The Labute approximate surface area is 156 Å². The zero-order valence-corrected chi connectivity index (χ0v) is 15.7. The standard InChI is InChI=1S/C16H20N4O4S2/c17-26(23,24)14-3-4-15(16(12-14)20(21)22)19-9-7-18(8-10-19)6-5-13-2-1-11-25-13/h1-4,11-12H,5-10H2,(H2,17,23,24). The number of benzene rings is 1. The predicted molar refractivity (Wildman–Crippen MR) is 101 cm³/mol. The number of anilines is 1. The molecule has 1 fully saturated rings. The van der Waals surface area contributed by atoms with Crippen LogP contribution in [0, 0.1) is 10.1 Å². The zero-order valence-electron chi connectivity index (χ0n) is 14.1. The lowest BCUT2D eigenvalue weighted by atomic mass is 10.2. The van der Waals surface area contributed by atoms with E-state index in [2.05, 4.69) is 16.3 Å². The second-order valence-corrected chi connectivity index (χ2v) is 8.70. The van der Waals surface area contributed by atoms with Crippen molar-refractivity contribution >= 4 is 32.7 Å². The Hall–Kier alpha value is -2.01. The van der Waals surface area contributed by atoms with Gasteiger partial charge >= 0.3 is 0 Å². The van der Waals surface area contributed by atoms with E-state index in [-0.39, 0.29) is 10.6 Å². The highest BCUT2D eigenvalue weighted by atomic mass is 32.2. The maximum absolute atomic E-state index is 11.4. The number of nitro benzene ring substituents is 1. The van der Waals surface area contributed by atoms with Crippen LogP contribution in [-0.2, 0) is 16.4 Å². The van der Waals surface area contributed by atoms with E-state index in [4.69, 9.17) is 5.14 Å². The third-order valence-electron chi connectivity index (χ3n) is 4.44. The van der Waals surface area contributed by atoms with Gasteiger partial charge < -0.3 is 4.90 Å². The molecule has 8 nitrogen and oxygen atoms in total. The normalized spacial score (nSPS) is 16.0. The van der Waals surface area contributed by atoms with Gasteiger partial charge in [-0.05, 0) is 30.0 Å². The molecule has 0 radical (unpaired) electrons. The summed E-state index contributed by atoms with van der Waals surface area (Å²) in [5.41, 5.74) is 0.198. The number of thiophene rings is 1. The number of hydrogen-bond donors (Lipinski definition) is 1. The predicted octanol–water partition coefficient (Wildman–Crippen LogP) is 1.67. The van der Waals surface area contributed by atoms with Gasteiger partial charge in [-0.2, -0.15) is 0 Å². The maximum atomic E-state index is 11.4. The Kier molecular flexibility index (Phi) is 5.56. The lowest BCUT2D eigenvalue weighted by Crippen LogP contribution is -2.47. The van der Waals surface area contributed by atoms with Crippen molar-refractivity contribution < 1.29 is 13.3 Å². The van der Waals surface area contributed by atoms with E-state index < -0.39 is 14.9 Å². The van der Waals surface area contributed by atoms with Crippen LogP contribution in [0.4, 0.5) is 11.4 Å². The summed E-state index contributed by atoms with van der Waals surface area (Å²) in [6.07, 6.45) is 1.00. The summed E-state index contributed by atoms with van der Waals surface area (Å²) < 4.78 is 22.9. The molecule has 26 heavy (non-hydrogen) atoms. The van der Waals surface area contributed by atoms with Crippen LogP contribution in [0.3, 0.4) is 0 Å². The highest BCUT2D eigenvalue weighted by Gasteiger charge is 2.25. The molecule has 1 aromatic heterocycles. The Balaban J connectivity index is 1.67. The first-order chi connectivity index (χ1) is 12.3. The number of sulfonamides is 1. The van der Waals surface area contributed by atoms with Crippen LogP contribution < -0.4 is 10.0 Å². The third kappa shape index (κ3) is 4.39. The molecule has 0 bridgehead atoms. The van der Waals surface area contributed by atoms with Crippen LogP contribution in [-0.4, -0.2) is 51.0 Å². The molecule has 0 unspecified atom stereocenters. The second kappa shape index (κ2) is 7.70. The van der Waals surface area contributed by atoms with E-state index in [1.807, 2.05) is 11.0 Å². The highest BCUT2D eigenvalue weighted by molar-refractivity contribution is 7.89. The van der Waals surface area contributed by atoms with E-state index >= 15 is 0 Å². The van der Waals surface area contributed by atoms with Crippen molar-refractivity contribution in [3.05, 3.63) is 50.7 Å². The van der Waals surface area contributed by atoms with Crippen molar-refractivity contribution in [2.45, 2.75) is 11.3 Å². The zero-order chi connectivity index (χ0) is 18.7. The third-order valence-corrected chi connectivity index (χ3v) is 6.29. The van der Waals surface area contributed by atoms with E-state index in [1.165, 1.54) is 17.0 Å². The summed E-state index contributed by atoms with van der Waals surface area (Å²) in [4.78, 5) is 16.2. The van der Waals surface area contributed by atoms with E-state index in [9.17, 15) is 18.5 Å². The van der Waals surface area contributed by atoms with Crippen molar-refractivity contribution in [1.29, 1.82) is 0 Å². The molecule has 2 aromatic rings. The van der Waals surface area contributed by atoms with E-state index in [0.717, 1.165) is 32.1 Å². The fourth-order valence-corrected chi connectivity index (χ4v) is 4.26. The smallest absolute Gasteiger partial charge is 0.293 e. The van der Waals surface area contributed by atoms with Gasteiger partial charge in [-0.15, -0.1) is 11.3 Å².